The van der Waals surface area contributed by atoms with Crippen LogP contribution >= 0.6 is 0 Å². The van der Waals surface area contributed by atoms with E-state index in [-0.39, 0.29) is 11.9 Å². The molecule has 0 aliphatic rings. The third-order valence-corrected chi connectivity index (χ3v) is 4.13. The average molecular weight is 380 g/mol. The maximum Gasteiger partial charge on any atom is 0.251 e. The summed E-state index contributed by atoms with van der Waals surface area (Å²) in [5.74, 6) is 0.980. The highest BCUT2D eigenvalue weighted by Gasteiger charge is 2.18. The first kappa shape index (κ1) is 19.4. The summed E-state index contributed by atoms with van der Waals surface area (Å²) in [6.45, 7) is 5.24. The molecule has 146 valence electrons. The monoisotopic (exact) mass is 380 g/mol. The summed E-state index contributed by atoms with van der Waals surface area (Å²) >= 11 is 0. The van der Waals surface area contributed by atoms with Crippen LogP contribution in [0.15, 0.2) is 60.9 Å². The number of hydrogen-bond donors (Lipinski definition) is 1. The lowest BCUT2D eigenvalue weighted by Crippen LogP contribution is -2.32. The Morgan fingerprint density at radius 3 is 2.36 bits per heavy atom. The molecule has 0 saturated carbocycles. The molecule has 0 spiro atoms. The molecule has 0 radical (unpaired) electrons. The maximum atomic E-state index is 12.9. The van der Waals surface area contributed by atoms with Crippen LogP contribution < -0.4 is 14.8 Å². The molecule has 0 aliphatic carbocycles. The van der Waals surface area contributed by atoms with Gasteiger partial charge in [-0.1, -0.05) is 30.3 Å². The van der Waals surface area contributed by atoms with Crippen LogP contribution in [0.3, 0.4) is 0 Å². The molecule has 0 bridgehead atoms. The summed E-state index contributed by atoms with van der Waals surface area (Å²) in [5.41, 5.74) is 1.48. The van der Waals surface area contributed by atoms with Crippen molar-refractivity contribution < 1.29 is 14.3 Å². The Kier molecular flexibility index (Phi) is 6.62. The molecule has 1 amide bonds. The van der Waals surface area contributed by atoms with E-state index in [9.17, 15) is 4.79 Å². The number of nitrogens with one attached hydrogen (secondary N) is 1. The molecular weight excluding hydrogens is 356 g/mol. The van der Waals surface area contributed by atoms with Crippen molar-refractivity contribution in [2.24, 2.45) is 0 Å². The van der Waals surface area contributed by atoms with E-state index in [4.69, 9.17) is 9.47 Å². The van der Waals surface area contributed by atoms with Gasteiger partial charge in [0.1, 0.15) is 0 Å². The van der Waals surface area contributed by atoms with Crippen molar-refractivity contribution in [3.05, 3.63) is 72.1 Å². The van der Waals surface area contributed by atoms with Gasteiger partial charge in [0, 0.05) is 5.56 Å². The van der Waals surface area contributed by atoms with Crippen LogP contribution in [0.5, 0.6) is 11.5 Å². The van der Waals surface area contributed by atoms with E-state index in [2.05, 4.69) is 15.5 Å². The standard InChI is InChI=1S/C21H24N4O3/c1-3-27-19-11-10-17(14-20(19)28-4-2)21(26)24-18(15-25-22-12-13-23-25)16-8-6-5-7-9-16/h5-14,18H,3-4,15H2,1-2H3,(H,24,26). The lowest BCUT2D eigenvalue weighted by atomic mass is 10.1. The Labute approximate surface area is 164 Å². The minimum Gasteiger partial charge on any atom is -0.490 e. The van der Waals surface area contributed by atoms with Crippen LogP contribution in [0.25, 0.3) is 0 Å². The van der Waals surface area contributed by atoms with Crippen LogP contribution in [0, 0.1) is 0 Å². The molecule has 0 fully saturated rings. The molecule has 28 heavy (non-hydrogen) atoms. The van der Waals surface area contributed by atoms with Crippen LogP contribution in [0.4, 0.5) is 0 Å². The Morgan fingerprint density at radius 2 is 1.68 bits per heavy atom. The Bertz CT molecular complexity index is 882. The minimum atomic E-state index is -0.275. The van der Waals surface area contributed by atoms with E-state index in [0.717, 1.165) is 5.56 Å². The van der Waals surface area contributed by atoms with Gasteiger partial charge in [-0.25, -0.2) is 0 Å². The zero-order chi connectivity index (χ0) is 19.8. The molecule has 1 aromatic heterocycles. The van der Waals surface area contributed by atoms with Crippen molar-refractivity contribution in [1.82, 2.24) is 20.3 Å². The lowest BCUT2D eigenvalue weighted by molar-refractivity contribution is 0.0930. The SMILES string of the molecule is CCOc1ccc(C(=O)NC(Cn2nccn2)c2ccccc2)cc1OCC. The van der Waals surface area contributed by atoms with E-state index >= 15 is 0 Å². The van der Waals surface area contributed by atoms with Gasteiger partial charge in [0.15, 0.2) is 11.5 Å². The fourth-order valence-corrected chi connectivity index (χ4v) is 2.85. The van der Waals surface area contributed by atoms with Gasteiger partial charge in [0.2, 0.25) is 0 Å². The number of amides is 1. The zero-order valence-electron chi connectivity index (χ0n) is 16.0. The van der Waals surface area contributed by atoms with Crippen molar-refractivity contribution in [3.8, 4) is 11.5 Å². The number of carbonyl (C=O) groups excluding carboxylic acids is 1. The smallest absolute Gasteiger partial charge is 0.251 e. The molecule has 2 aromatic carbocycles. The third-order valence-electron chi connectivity index (χ3n) is 4.13. The minimum absolute atomic E-state index is 0.204. The second kappa shape index (κ2) is 9.55. The summed E-state index contributed by atoms with van der Waals surface area (Å²) in [7, 11) is 0. The Hall–Kier alpha value is -3.35. The van der Waals surface area contributed by atoms with Gasteiger partial charge in [-0.15, -0.1) is 0 Å². The second-order valence-corrected chi connectivity index (χ2v) is 6.05. The summed E-state index contributed by atoms with van der Waals surface area (Å²) in [6.07, 6.45) is 3.23. The molecule has 7 heteroatoms. The topological polar surface area (TPSA) is 78.3 Å². The van der Waals surface area contributed by atoms with Gasteiger partial charge < -0.3 is 14.8 Å². The molecule has 1 N–H and O–H groups in total. The number of benzene rings is 2. The van der Waals surface area contributed by atoms with Crippen LogP contribution in [0.2, 0.25) is 0 Å². The molecule has 7 nitrogen and oxygen atoms in total. The van der Waals surface area contributed by atoms with Gasteiger partial charge in [0.05, 0.1) is 38.2 Å². The van der Waals surface area contributed by atoms with E-state index in [1.165, 1.54) is 0 Å². The first-order valence-electron chi connectivity index (χ1n) is 9.30. The van der Waals surface area contributed by atoms with Crippen LogP contribution in [-0.2, 0) is 6.54 Å². The highest BCUT2D eigenvalue weighted by molar-refractivity contribution is 5.95. The lowest BCUT2D eigenvalue weighted by Gasteiger charge is -2.19. The predicted molar refractivity (Wildman–Crippen MR) is 105 cm³/mol. The summed E-state index contributed by atoms with van der Waals surface area (Å²) in [4.78, 5) is 14.5. The highest BCUT2D eigenvalue weighted by atomic mass is 16.5. The van der Waals surface area contributed by atoms with Crippen LogP contribution in [0.1, 0.15) is 35.8 Å². The maximum absolute atomic E-state index is 12.9. The summed E-state index contributed by atoms with van der Waals surface area (Å²) in [6, 6.07) is 14.7. The summed E-state index contributed by atoms with van der Waals surface area (Å²) < 4.78 is 11.2. The molecule has 0 aliphatic heterocycles. The molecule has 0 saturated heterocycles. The molecule has 1 atom stereocenters. The van der Waals surface area contributed by atoms with E-state index < -0.39 is 0 Å². The number of nitrogens with zero attached hydrogens (tertiary/aromatic N) is 3. The number of aromatic nitrogens is 3. The first-order chi connectivity index (χ1) is 13.7. The second-order valence-electron chi connectivity index (χ2n) is 6.05. The number of carbonyl (C=O) groups is 1. The van der Waals surface area contributed by atoms with Gasteiger partial charge in [0.25, 0.3) is 5.91 Å². The van der Waals surface area contributed by atoms with Gasteiger partial charge in [-0.2, -0.15) is 15.0 Å². The molecular formula is C21H24N4O3. The quantitative estimate of drug-likeness (QED) is 0.617. The largest absolute Gasteiger partial charge is 0.490 e. The van der Waals surface area contributed by atoms with E-state index in [1.807, 2.05) is 44.2 Å². The molecule has 3 rings (SSSR count). The number of rotatable bonds is 9. The molecule has 3 aromatic rings. The molecule has 1 unspecified atom stereocenters. The van der Waals surface area contributed by atoms with Crippen molar-refractivity contribution in [3.63, 3.8) is 0 Å². The number of ether oxygens (including phenoxy) is 2. The van der Waals surface area contributed by atoms with Gasteiger partial charge >= 0.3 is 0 Å². The van der Waals surface area contributed by atoms with Gasteiger partial charge in [-0.05, 0) is 37.6 Å². The van der Waals surface area contributed by atoms with E-state index in [1.54, 1.807) is 35.4 Å². The van der Waals surface area contributed by atoms with E-state index in [0.29, 0.717) is 36.8 Å². The normalized spacial score (nSPS) is 11.6. The van der Waals surface area contributed by atoms with Crippen molar-refractivity contribution >= 4 is 5.91 Å². The fourth-order valence-electron chi connectivity index (χ4n) is 2.85. The zero-order valence-corrected chi connectivity index (χ0v) is 16.0. The van der Waals surface area contributed by atoms with Crippen molar-refractivity contribution in [2.75, 3.05) is 13.2 Å². The highest BCUT2D eigenvalue weighted by Crippen LogP contribution is 2.29. The van der Waals surface area contributed by atoms with Crippen molar-refractivity contribution in [2.45, 2.75) is 26.4 Å². The van der Waals surface area contributed by atoms with Crippen molar-refractivity contribution in [1.29, 1.82) is 0 Å². The summed E-state index contributed by atoms with van der Waals surface area (Å²) in [5, 5.41) is 11.4. The Morgan fingerprint density at radius 1 is 1.00 bits per heavy atom. The average Bonchev–Trinajstić information content (AvgIpc) is 3.23. The Balaban J connectivity index is 1.82. The third kappa shape index (κ3) is 4.88. The van der Waals surface area contributed by atoms with Gasteiger partial charge in [-0.3, -0.25) is 4.79 Å². The number of hydrogen-bond acceptors (Lipinski definition) is 5. The first-order valence-corrected chi connectivity index (χ1v) is 9.30. The molecule has 1 heterocycles. The van der Waals surface area contributed by atoms with Crippen LogP contribution in [-0.4, -0.2) is 34.1 Å². The predicted octanol–water partition coefficient (Wildman–Crippen LogP) is 3.25. The fraction of sp³-hybridized carbons (Fsp3) is 0.286.